The summed E-state index contributed by atoms with van der Waals surface area (Å²) in [5.74, 6) is 0.117. The van der Waals surface area contributed by atoms with Crippen LogP contribution in [-0.2, 0) is 6.18 Å². The fourth-order valence-corrected chi connectivity index (χ4v) is 2.60. The van der Waals surface area contributed by atoms with Gasteiger partial charge in [0.15, 0.2) is 17.3 Å². The van der Waals surface area contributed by atoms with Crippen LogP contribution < -0.4 is 19.5 Å². The lowest BCUT2D eigenvalue weighted by Crippen LogP contribution is -2.15. The second-order valence-corrected chi connectivity index (χ2v) is 6.01. The number of aromatic nitrogens is 1. The summed E-state index contributed by atoms with van der Waals surface area (Å²) in [4.78, 5) is 16.2. The average molecular weight is 433 g/mol. The van der Waals surface area contributed by atoms with E-state index in [1.165, 1.54) is 12.1 Å². The normalized spacial score (nSPS) is 11.1. The first-order chi connectivity index (χ1) is 13.7. The van der Waals surface area contributed by atoms with Crippen LogP contribution >= 0.6 is 11.6 Å². The lowest BCUT2D eigenvalue weighted by atomic mass is 10.1. The molecular weight excluding hydrogens is 413 g/mol. The lowest BCUT2D eigenvalue weighted by molar-refractivity contribution is -0.137. The Hall–Kier alpha value is -2.68. The predicted octanol–water partition coefficient (Wildman–Crippen LogP) is 5.20. The molecule has 1 N–H and O–H groups in total. The molecule has 0 aliphatic rings. The number of rotatable bonds is 8. The van der Waals surface area contributed by atoms with Gasteiger partial charge in [0.25, 0.3) is 5.91 Å². The molecular formula is C19H20ClF3N2O4. The standard InChI is InChI=1S/C19H20ClF3N2O4/c1-4-27-14-7-11(8-15(28-5-2)16(14)29-6-3)18(26)25-17-13(20)9-12(10-24-17)19(21,22)23/h7-10H,4-6H2,1-3H3,(H,24,25,26). The highest BCUT2D eigenvalue weighted by atomic mass is 35.5. The third-order valence-electron chi connectivity index (χ3n) is 3.57. The van der Waals surface area contributed by atoms with E-state index in [1.807, 2.05) is 0 Å². The van der Waals surface area contributed by atoms with Crippen LogP contribution in [0, 0.1) is 0 Å². The van der Waals surface area contributed by atoms with Gasteiger partial charge in [0.2, 0.25) is 5.75 Å². The average Bonchev–Trinajstić information content (AvgIpc) is 2.65. The highest BCUT2D eigenvalue weighted by molar-refractivity contribution is 6.33. The van der Waals surface area contributed by atoms with E-state index >= 15 is 0 Å². The Labute approximate surface area is 170 Å². The van der Waals surface area contributed by atoms with Gasteiger partial charge in [-0.15, -0.1) is 0 Å². The number of hydrogen-bond acceptors (Lipinski definition) is 5. The van der Waals surface area contributed by atoms with Crippen molar-refractivity contribution in [1.29, 1.82) is 0 Å². The van der Waals surface area contributed by atoms with Crippen LogP contribution in [0.5, 0.6) is 17.2 Å². The number of anilines is 1. The Morgan fingerprint density at radius 2 is 1.59 bits per heavy atom. The molecule has 0 fully saturated rings. The molecule has 6 nitrogen and oxygen atoms in total. The number of carbonyl (C=O) groups is 1. The molecule has 1 aromatic carbocycles. The lowest BCUT2D eigenvalue weighted by Gasteiger charge is -2.17. The van der Waals surface area contributed by atoms with Crippen molar-refractivity contribution in [2.24, 2.45) is 0 Å². The first-order valence-electron chi connectivity index (χ1n) is 8.81. The summed E-state index contributed by atoms with van der Waals surface area (Å²) in [6.45, 7) is 6.34. The Morgan fingerprint density at radius 3 is 2.03 bits per heavy atom. The Bertz CT molecular complexity index is 848. The second-order valence-electron chi connectivity index (χ2n) is 5.61. The van der Waals surface area contributed by atoms with Crippen molar-refractivity contribution >= 4 is 23.3 Å². The molecule has 0 bridgehead atoms. The van der Waals surface area contributed by atoms with Crippen molar-refractivity contribution in [3.63, 3.8) is 0 Å². The van der Waals surface area contributed by atoms with Crippen LogP contribution in [0.4, 0.5) is 19.0 Å². The van der Waals surface area contributed by atoms with Crippen molar-refractivity contribution in [2.45, 2.75) is 26.9 Å². The fourth-order valence-electron chi connectivity index (χ4n) is 2.38. The number of pyridine rings is 1. The molecule has 0 aliphatic carbocycles. The summed E-state index contributed by atoms with van der Waals surface area (Å²) in [5.41, 5.74) is -0.878. The van der Waals surface area contributed by atoms with Gasteiger partial charge in [0.1, 0.15) is 0 Å². The number of nitrogens with zero attached hydrogens (tertiary/aromatic N) is 1. The molecule has 2 aromatic rings. The van der Waals surface area contributed by atoms with Gasteiger partial charge < -0.3 is 19.5 Å². The number of ether oxygens (including phenoxy) is 3. The maximum absolute atomic E-state index is 12.7. The van der Waals surface area contributed by atoms with Crippen LogP contribution in [0.1, 0.15) is 36.7 Å². The minimum absolute atomic E-state index is 0.137. The van der Waals surface area contributed by atoms with Crippen LogP contribution in [0.2, 0.25) is 5.02 Å². The third kappa shape index (κ3) is 5.66. The van der Waals surface area contributed by atoms with Crippen LogP contribution in [0.15, 0.2) is 24.4 Å². The zero-order valence-electron chi connectivity index (χ0n) is 16.0. The highest BCUT2D eigenvalue weighted by Crippen LogP contribution is 2.39. The zero-order valence-corrected chi connectivity index (χ0v) is 16.8. The SMILES string of the molecule is CCOc1cc(C(=O)Nc2ncc(C(F)(F)F)cc2Cl)cc(OCC)c1OCC. The van der Waals surface area contributed by atoms with Crippen LogP contribution in [0.3, 0.4) is 0 Å². The fraction of sp³-hybridized carbons (Fsp3) is 0.368. The molecule has 0 unspecified atom stereocenters. The van der Waals surface area contributed by atoms with E-state index in [1.54, 1.807) is 20.8 Å². The van der Waals surface area contributed by atoms with E-state index in [0.29, 0.717) is 49.3 Å². The summed E-state index contributed by atoms with van der Waals surface area (Å²) >= 11 is 5.85. The molecule has 1 aromatic heterocycles. The summed E-state index contributed by atoms with van der Waals surface area (Å²) < 4.78 is 54.9. The van der Waals surface area contributed by atoms with Gasteiger partial charge in [-0.05, 0) is 39.0 Å². The van der Waals surface area contributed by atoms with E-state index < -0.39 is 17.6 Å². The van der Waals surface area contributed by atoms with E-state index in [4.69, 9.17) is 25.8 Å². The summed E-state index contributed by atoms with van der Waals surface area (Å²) in [5, 5.41) is 2.06. The van der Waals surface area contributed by atoms with E-state index in [9.17, 15) is 18.0 Å². The molecule has 0 radical (unpaired) electrons. The van der Waals surface area contributed by atoms with Crippen molar-refractivity contribution in [3.05, 3.63) is 40.5 Å². The molecule has 0 saturated carbocycles. The van der Waals surface area contributed by atoms with Crippen LogP contribution in [0.25, 0.3) is 0 Å². The third-order valence-corrected chi connectivity index (χ3v) is 3.86. The van der Waals surface area contributed by atoms with Crippen LogP contribution in [-0.4, -0.2) is 30.7 Å². The molecule has 0 atom stereocenters. The smallest absolute Gasteiger partial charge is 0.417 e. The van der Waals surface area contributed by atoms with Gasteiger partial charge in [0.05, 0.1) is 30.4 Å². The molecule has 29 heavy (non-hydrogen) atoms. The molecule has 1 amide bonds. The Kier molecular flexibility index (Phi) is 7.55. The maximum Gasteiger partial charge on any atom is 0.417 e. The number of hydrogen-bond donors (Lipinski definition) is 1. The minimum atomic E-state index is -4.59. The minimum Gasteiger partial charge on any atom is -0.490 e. The topological polar surface area (TPSA) is 69.7 Å². The highest BCUT2D eigenvalue weighted by Gasteiger charge is 2.31. The number of halogens is 4. The number of benzene rings is 1. The summed E-state index contributed by atoms with van der Waals surface area (Å²) in [6.07, 6.45) is -4.00. The van der Waals surface area contributed by atoms with Crippen molar-refractivity contribution in [1.82, 2.24) is 4.98 Å². The first-order valence-corrected chi connectivity index (χ1v) is 9.19. The van der Waals surface area contributed by atoms with Gasteiger partial charge in [0, 0.05) is 11.8 Å². The molecule has 10 heteroatoms. The zero-order chi connectivity index (χ0) is 21.6. The quantitative estimate of drug-likeness (QED) is 0.620. The molecule has 1 heterocycles. The van der Waals surface area contributed by atoms with E-state index in [-0.39, 0.29) is 16.4 Å². The number of alkyl halides is 3. The number of nitrogens with one attached hydrogen (secondary N) is 1. The molecule has 0 spiro atoms. The Morgan fingerprint density at radius 1 is 1.03 bits per heavy atom. The van der Waals surface area contributed by atoms with E-state index in [0.717, 1.165) is 0 Å². The van der Waals surface area contributed by atoms with Crippen molar-refractivity contribution in [3.8, 4) is 17.2 Å². The molecule has 0 aliphatic heterocycles. The summed E-state index contributed by atoms with van der Waals surface area (Å²) in [6, 6.07) is 3.59. The monoisotopic (exact) mass is 432 g/mol. The maximum atomic E-state index is 12.7. The van der Waals surface area contributed by atoms with Gasteiger partial charge in [-0.2, -0.15) is 13.2 Å². The predicted molar refractivity (Wildman–Crippen MR) is 102 cm³/mol. The molecule has 0 saturated heterocycles. The van der Waals surface area contributed by atoms with E-state index in [2.05, 4.69) is 10.3 Å². The van der Waals surface area contributed by atoms with Gasteiger partial charge in [-0.25, -0.2) is 4.98 Å². The largest absolute Gasteiger partial charge is 0.490 e. The van der Waals surface area contributed by atoms with Gasteiger partial charge in [-0.1, -0.05) is 11.6 Å². The molecule has 158 valence electrons. The number of carbonyl (C=O) groups excluding carboxylic acids is 1. The molecule has 2 rings (SSSR count). The first kappa shape index (κ1) is 22.6. The van der Waals surface area contributed by atoms with Gasteiger partial charge >= 0.3 is 6.18 Å². The summed E-state index contributed by atoms with van der Waals surface area (Å²) in [7, 11) is 0. The van der Waals surface area contributed by atoms with Crippen molar-refractivity contribution < 1.29 is 32.2 Å². The van der Waals surface area contributed by atoms with Crippen molar-refractivity contribution in [2.75, 3.05) is 25.1 Å². The van der Waals surface area contributed by atoms with Gasteiger partial charge in [-0.3, -0.25) is 4.79 Å². The Balaban J connectivity index is 2.37. The second kappa shape index (κ2) is 9.69. The number of amides is 1.